The van der Waals surface area contributed by atoms with Gasteiger partial charge in [-0.3, -0.25) is 4.79 Å². The Morgan fingerprint density at radius 1 is 0.969 bits per heavy atom. The lowest BCUT2D eigenvalue weighted by Crippen LogP contribution is -2.14. The summed E-state index contributed by atoms with van der Waals surface area (Å²) < 4.78 is 3.56. The molecular formula is C25H22N6O. The lowest BCUT2D eigenvalue weighted by Gasteiger charge is -2.10. The molecule has 1 amide bonds. The number of hydrogen-bond donors (Lipinski definition) is 1. The Balaban J connectivity index is 1.54. The lowest BCUT2D eigenvalue weighted by atomic mass is 10.1. The third-order valence-corrected chi connectivity index (χ3v) is 5.22. The summed E-state index contributed by atoms with van der Waals surface area (Å²) in [4.78, 5) is 18.1. The molecule has 7 nitrogen and oxygen atoms in total. The zero-order valence-corrected chi connectivity index (χ0v) is 17.8. The van der Waals surface area contributed by atoms with Gasteiger partial charge in [-0.15, -0.1) is 0 Å². The molecule has 0 bridgehead atoms. The fourth-order valence-corrected chi connectivity index (χ4v) is 3.64. The molecule has 158 valence electrons. The van der Waals surface area contributed by atoms with E-state index in [0.717, 1.165) is 16.9 Å². The number of hydrogen-bond acceptors (Lipinski definition) is 4. The highest BCUT2D eigenvalue weighted by Gasteiger charge is 2.19. The van der Waals surface area contributed by atoms with E-state index in [1.54, 1.807) is 16.9 Å². The fourth-order valence-electron chi connectivity index (χ4n) is 3.64. The van der Waals surface area contributed by atoms with Gasteiger partial charge in [0.25, 0.3) is 5.91 Å². The van der Waals surface area contributed by atoms with Crippen LogP contribution in [0.15, 0.2) is 85.2 Å². The molecule has 3 aromatic heterocycles. The quantitative estimate of drug-likeness (QED) is 0.427. The molecule has 3 heterocycles. The minimum atomic E-state index is -0.254. The number of fused-ring (bicyclic) bond motifs is 1. The average molecular weight is 422 g/mol. The number of anilines is 1. The molecule has 32 heavy (non-hydrogen) atoms. The molecule has 0 saturated heterocycles. The number of benzene rings is 2. The van der Waals surface area contributed by atoms with Crippen LogP contribution in [0.1, 0.15) is 30.2 Å². The van der Waals surface area contributed by atoms with Crippen molar-refractivity contribution < 1.29 is 4.79 Å². The van der Waals surface area contributed by atoms with Crippen LogP contribution in [0.5, 0.6) is 0 Å². The first-order chi connectivity index (χ1) is 15.6. The molecule has 7 heteroatoms. The number of pyridine rings is 1. The van der Waals surface area contributed by atoms with Gasteiger partial charge in [-0.2, -0.15) is 10.2 Å². The van der Waals surface area contributed by atoms with Gasteiger partial charge in [-0.25, -0.2) is 14.3 Å². The summed E-state index contributed by atoms with van der Waals surface area (Å²) in [5.41, 5.74) is 3.77. The highest BCUT2D eigenvalue weighted by molar-refractivity contribution is 6.12. The molecular weight excluding hydrogens is 400 g/mol. The Morgan fingerprint density at radius 2 is 1.69 bits per heavy atom. The molecule has 0 atom stereocenters. The smallest absolute Gasteiger partial charge is 0.257 e. The maximum absolute atomic E-state index is 13.3. The first-order valence-corrected chi connectivity index (χ1v) is 10.5. The molecule has 0 aliphatic heterocycles. The molecule has 0 aliphatic carbocycles. The van der Waals surface area contributed by atoms with Crippen LogP contribution in [0.25, 0.3) is 28.0 Å². The highest BCUT2D eigenvalue weighted by Crippen LogP contribution is 2.27. The van der Waals surface area contributed by atoms with E-state index in [2.05, 4.69) is 15.5 Å². The molecule has 1 N–H and O–H groups in total. The second-order valence-corrected chi connectivity index (χ2v) is 7.78. The second kappa shape index (κ2) is 8.11. The van der Waals surface area contributed by atoms with Crippen molar-refractivity contribution in [1.82, 2.24) is 24.5 Å². The highest BCUT2D eigenvalue weighted by atomic mass is 16.1. The summed E-state index contributed by atoms with van der Waals surface area (Å²) in [6, 6.07) is 23.3. The molecule has 0 saturated carbocycles. The van der Waals surface area contributed by atoms with Crippen LogP contribution in [0.2, 0.25) is 0 Å². The molecule has 0 unspecified atom stereocenters. The summed E-state index contributed by atoms with van der Waals surface area (Å²) in [5, 5.41) is 12.6. The minimum Gasteiger partial charge on any atom is -0.305 e. The molecule has 5 rings (SSSR count). The Hall–Kier alpha value is -4.26. The number of carbonyl (C=O) groups excluding carboxylic acids is 1. The van der Waals surface area contributed by atoms with E-state index in [-0.39, 0.29) is 11.9 Å². The van der Waals surface area contributed by atoms with Crippen LogP contribution in [-0.2, 0) is 0 Å². The van der Waals surface area contributed by atoms with E-state index in [4.69, 9.17) is 4.98 Å². The summed E-state index contributed by atoms with van der Waals surface area (Å²) in [6.45, 7) is 4.08. The third-order valence-electron chi connectivity index (χ3n) is 5.22. The predicted molar refractivity (Wildman–Crippen MR) is 125 cm³/mol. The first-order valence-electron chi connectivity index (χ1n) is 10.5. The average Bonchev–Trinajstić information content (AvgIpc) is 3.47. The number of para-hydroxylation sites is 1. The number of rotatable bonds is 5. The maximum Gasteiger partial charge on any atom is 0.257 e. The second-order valence-electron chi connectivity index (χ2n) is 7.78. The van der Waals surface area contributed by atoms with E-state index < -0.39 is 0 Å². The van der Waals surface area contributed by atoms with Gasteiger partial charge >= 0.3 is 0 Å². The topological polar surface area (TPSA) is 77.6 Å². The molecule has 2 aromatic carbocycles. The van der Waals surface area contributed by atoms with Crippen molar-refractivity contribution in [2.75, 3.05) is 5.32 Å². The molecule has 0 aliphatic rings. The summed E-state index contributed by atoms with van der Waals surface area (Å²) >= 11 is 0. The standard InChI is InChI=1S/C25H22N6O/c1-17(2)31-24-21(16-26-31)20(15-22(27-24)18-9-5-3-6-10-18)25(32)28-23-13-14-30(29-23)19-11-7-4-8-12-19/h3-17H,1-2H3,(H,28,29,32). The van der Waals surface area contributed by atoms with Crippen molar-refractivity contribution in [3.05, 3.63) is 90.8 Å². The van der Waals surface area contributed by atoms with Gasteiger partial charge in [0.1, 0.15) is 0 Å². The van der Waals surface area contributed by atoms with Crippen molar-refractivity contribution in [3.63, 3.8) is 0 Å². The van der Waals surface area contributed by atoms with Crippen LogP contribution in [-0.4, -0.2) is 30.5 Å². The molecule has 0 fully saturated rings. The Bertz CT molecular complexity index is 1390. The molecule has 5 aromatic rings. The van der Waals surface area contributed by atoms with Gasteiger partial charge in [0.05, 0.1) is 28.5 Å². The SMILES string of the molecule is CC(C)n1ncc2c(C(=O)Nc3ccn(-c4ccccc4)n3)cc(-c3ccccc3)nc21. The molecule has 0 spiro atoms. The van der Waals surface area contributed by atoms with Crippen molar-refractivity contribution >= 4 is 22.8 Å². The first kappa shape index (κ1) is 19.7. The Labute approximate surface area is 185 Å². The number of carbonyl (C=O) groups is 1. The van der Waals surface area contributed by atoms with Gasteiger partial charge in [0, 0.05) is 23.9 Å². The van der Waals surface area contributed by atoms with Crippen molar-refractivity contribution in [2.45, 2.75) is 19.9 Å². The van der Waals surface area contributed by atoms with Crippen LogP contribution in [0.4, 0.5) is 5.82 Å². The van der Waals surface area contributed by atoms with Crippen molar-refractivity contribution in [1.29, 1.82) is 0 Å². The van der Waals surface area contributed by atoms with E-state index in [9.17, 15) is 4.79 Å². The largest absolute Gasteiger partial charge is 0.305 e. The van der Waals surface area contributed by atoms with Gasteiger partial charge < -0.3 is 5.32 Å². The summed E-state index contributed by atoms with van der Waals surface area (Å²) in [5.74, 6) is 0.220. The van der Waals surface area contributed by atoms with E-state index in [0.29, 0.717) is 22.4 Å². The monoisotopic (exact) mass is 422 g/mol. The van der Waals surface area contributed by atoms with Crippen LogP contribution in [0, 0.1) is 0 Å². The van der Waals surface area contributed by atoms with Gasteiger partial charge in [-0.1, -0.05) is 48.5 Å². The summed E-state index contributed by atoms with van der Waals surface area (Å²) in [7, 11) is 0. The number of aromatic nitrogens is 5. The zero-order chi connectivity index (χ0) is 22.1. The normalized spacial score (nSPS) is 11.2. The van der Waals surface area contributed by atoms with Crippen LogP contribution in [0.3, 0.4) is 0 Å². The lowest BCUT2D eigenvalue weighted by molar-refractivity contribution is 0.102. The number of nitrogens with zero attached hydrogens (tertiary/aromatic N) is 5. The van der Waals surface area contributed by atoms with Gasteiger partial charge in [-0.05, 0) is 32.0 Å². The van der Waals surface area contributed by atoms with Crippen LogP contribution >= 0.6 is 0 Å². The molecule has 0 radical (unpaired) electrons. The minimum absolute atomic E-state index is 0.114. The Kier molecular flexibility index (Phi) is 4.99. The predicted octanol–water partition coefficient (Wildman–Crippen LogP) is 5.12. The van der Waals surface area contributed by atoms with Gasteiger partial charge in [0.15, 0.2) is 11.5 Å². The van der Waals surface area contributed by atoms with E-state index in [1.807, 2.05) is 91.5 Å². The van der Waals surface area contributed by atoms with E-state index >= 15 is 0 Å². The van der Waals surface area contributed by atoms with Crippen molar-refractivity contribution in [3.8, 4) is 16.9 Å². The zero-order valence-electron chi connectivity index (χ0n) is 17.8. The summed E-state index contributed by atoms with van der Waals surface area (Å²) in [6.07, 6.45) is 3.52. The van der Waals surface area contributed by atoms with Crippen LogP contribution < -0.4 is 5.32 Å². The van der Waals surface area contributed by atoms with Gasteiger partial charge in [0.2, 0.25) is 0 Å². The third kappa shape index (κ3) is 3.65. The number of amides is 1. The number of nitrogens with one attached hydrogen (secondary N) is 1. The van der Waals surface area contributed by atoms with E-state index in [1.165, 1.54) is 0 Å². The van der Waals surface area contributed by atoms with Crippen molar-refractivity contribution in [2.24, 2.45) is 0 Å². The Morgan fingerprint density at radius 3 is 2.41 bits per heavy atom. The fraction of sp³-hybridized carbons (Fsp3) is 0.120. The maximum atomic E-state index is 13.3.